The molecule has 0 N–H and O–H groups in total. The normalized spacial score (nSPS) is 10.2. The number of hydrogen-bond donors (Lipinski definition) is 0. The summed E-state index contributed by atoms with van der Waals surface area (Å²) >= 11 is 0. The summed E-state index contributed by atoms with van der Waals surface area (Å²) in [5, 5.41) is 0. The lowest BCUT2D eigenvalue weighted by Crippen LogP contribution is -2.26. The summed E-state index contributed by atoms with van der Waals surface area (Å²) in [4.78, 5) is 18.1. The van der Waals surface area contributed by atoms with Crippen molar-refractivity contribution in [2.24, 2.45) is 0 Å². The Balaban J connectivity index is 2.01. The number of nitrogens with zero attached hydrogens (tertiary/aromatic N) is 2. The minimum Gasteiger partial charge on any atom is -0.494 e. The smallest absolute Gasteiger partial charge is 0.255 e. The van der Waals surface area contributed by atoms with Crippen LogP contribution in [-0.2, 0) is 6.54 Å². The highest BCUT2D eigenvalue weighted by atomic mass is 16.5. The molecule has 0 aliphatic rings. The number of carbonyl (C=O) groups excluding carboxylic acids is 1. The predicted octanol–water partition coefficient (Wildman–Crippen LogP) is 3.06. The average molecular weight is 284 g/mol. The highest BCUT2D eigenvalue weighted by Gasteiger charge is 2.12. The van der Waals surface area contributed by atoms with E-state index in [4.69, 9.17) is 4.74 Å². The van der Waals surface area contributed by atoms with E-state index in [1.54, 1.807) is 24.2 Å². The summed E-state index contributed by atoms with van der Waals surface area (Å²) in [6.45, 7) is 5.06. The fourth-order valence-corrected chi connectivity index (χ4v) is 2.02. The Hall–Kier alpha value is -2.36. The fourth-order valence-electron chi connectivity index (χ4n) is 2.02. The van der Waals surface area contributed by atoms with Crippen molar-refractivity contribution in [2.75, 3.05) is 13.7 Å². The van der Waals surface area contributed by atoms with Crippen LogP contribution in [-0.4, -0.2) is 29.4 Å². The van der Waals surface area contributed by atoms with Crippen molar-refractivity contribution in [3.63, 3.8) is 0 Å². The van der Waals surface area contributed by atoms with Crippen molar-refractivity contribution in [3.05, 3.63) is 59.4 Å². The average Bonchev–Trinajstić information content (AvgIpc) is 2.49. The Morgan fingerprint density at radius 1 is 1.19 bits per heavy atom. The topological polar surface area (TPSA) is 42.4 Å². The number of carbonyl (C=O) groups is 1. The summed E-state index contributed by atoms with van der Waals surface area (Å²) < 4.78 is 5.40. The SMILES string of the molecule is CCOc1ccc(CN(C)C(=O)c2ccc(C)nc2)cc1. The first-order valence-corrected chi connectivity index (χ1v) is 7.00. The van der Waals surface area contributed by atoms with Crippen LogP contribution in [0.1, 0.15) is 28.5 Å². The van der Waals surface area contributed by atoms with Crippen molar-refractivity contribution >= 4 is 5.91 Å². The van der Waals surface area contributed by atoms with Gasteiger partial charge in [0.1, 0.15) is 5.75 Å². The monoisotopic (exact) mass is 284 g/mol. The third-order valence-electron chi connectivity index (χ3n) is 3.16. The molecule has 0 fully saturated rings. The van der Waals surface area contributed by atoms with Crippen LogP contribution in [0.4, 0.5) is 0 Å². The summed E-state index contributed by atoms with van der Waals surface area (Å²) in [6.07, 6.45) is 1.62. The molecule has 0 unspecified atom stereocenters. The molecule has 0 spiro atoms. The zero-order valence-electron chi connectivity index (χ0n) is 12.7. The molecule has 1 aromatic carbocycles. The number of amides is 1. The van der Waals surface area contributed by atoms with Gasteiger partial charge in [0.25, 0.3) is 5.91 Å². The molecule has 21 heavy (non-hydrogen) atoms. The lowest BCUT2D eigenvalue weighted by atomic mass is 10.2. The molecule has 2 aromatic rings. The predicted molar refractivity (Wildman–Crippen MR) is 82.4 cm³/mol. The van der Waals surface area contributed by atoms with Gasteiger partial charge in [-0.05, 0) is 43.7 Å². The molecule has 1 amide bonds. The Labute approximate surface area is 125 Å². The van der Waals surface area contributed by atoms with Crippen LogP contribution in [0, 0.1) is 6.92 Å². The molecule has 0 saturated heterocycles. The first kappa shape index (κ1) is 15.0. The number of aryl methyl sites for hydroxylation is 1. The standard InChI is InChI=1S/C17H20N2O2/c1-4-21-16-9-6-14(7-10-16)12-19(3)17(20)15-8-5-13(2)18-11-15/h5-11H,4,12H2,1-3H3. The molecule has 0 bridgehead atoms. The molecule has 4 heteroatoms. The number of hydrogen-bond acceptors (Lipinski definition) is 3. The summed E-state index contributed by atoms with van der Waals surface area (Å²) in [5.41, 5.74) is 2.57. The van der Waals surface area contributed by atoms with Crippen molar-refractivity contribution < 1.29 is 9.53 Å². The van der Waals surface area contributed by atoms with Crippen molar-refractivity contribution in [1.82, 2.24) is 9.88 Å². The van der Waals surface area contributed by atoms with Crippen molar-refractivity contribution in [2.45, 2.75) is 20.4 Å². The maximum atomic E-state index is 12.3. The van der Waals surface area contributed by atoms with Gasteiger partial charge in [-0.3, -0.25) is 9.78 Å². The van der Waals surface area contributed by atoms with Gasteiger partial charge in [0, 0.05) is 25.5 Å². The van der Waals surface area contributed by atoms with Crippen LogP contribution in [0.25, 0.3) is 0 Å². The third-order valence-corrected chi connectivity index (χ3v) is 3.16. The summed E-state index contributed by atoms with van der Waals surface area (Å²) in [7, 11) is 1.79. The van der Waals surface area contributed by atoms with Gasteiger partial charge < -0.3 is 9.64 Å². The van der Waals surface area contributed by atoms with E-state index < -0.39 is 0 Å². The first-order chi connectivity index (χ1) is 10.1. The van der Waals surface area contributed by atoms with Crippen LogP contribution in [0.5, 0.6) is 5.75 Å². The van der Waals surface area contributed by atoms with Gasteiger partial charge in [-0.2, -0.15) is 0 Å². The third kappa shape index (κ3) is 4.05. The van der Waals surface area contributed by atoms with Gasteiger partial charge in [0.15, 0.2) is 0 Å². The molecule has 0 radical (unpaired) electrons. The second-order valence-electron chi connectivity index (χ2n) is 4.93. The van der Waals surface area contributed by atoms with E-state index in [0.717, 1.165) is 17.0 Å². The van der Waals surface area contributed by atoms with Gasteiger partial charge in [-0.1, -0.05) is 12.1 Å². The molecule has 1 aromatic heterocycles. The van der Waals surface area contributed by atoms with E-state index in [9.17, 15) is 4.79 Å². The highest BCUT2D eigenvalue weighted by Crippen LogP contribution is 2.14. The Bertz CT molecular complexity index is 591. The maximum Gasteiger partial charge on any atom is 0.255 e. The summed E-state index contributed by atoms with van der Waals surface area (Å²) in [5.74, 6) is 0.814. The lowest BCUT2D eigenvalue weighted by Gasteiger charge is -2.17. The number of aromatic nitrogens is 1. The van der Waals surface area contributed by atoms with Crippen molar-refractivity contribution in [1.29, 1.82) is 0 Å². The molecule has 4 nitrogen and oxygen atoms in total. The van der Waals surface area contributed by atoms with Crippen LogP contribution in [0.15, 0.2) is 42.6 Å². The van der Waals surface area contributed by atoms with Gasteiger partial charge in [-0.15, -0.1) is 0 Å². The van der Waals surface area contributed by atoms with Crippen LogP contribution < -0.4 is 4.74 Å². The Morgan fingerprint density at radius 2 is 1.90 bits per heavy atom. The number of rotatable bonds is 5. The zero-order chi connectivity index (χ0) is 15.2. The quantitative estimate of drug-likeness (QED) is 0.847. The molecule has 0 saturated carbocycles. The van der Waals surface area contributed by atoms with Crippen LogP contribution in [0.2, 0.25) is 0 Å². The fraction of sp³-hybridized carbons (Fsp3) is 0.294. The Morgan fingerprint density at radius 3 is 2.48 bits per heavy atom. The molecular weight excluding hydrogens is 264 g/mol. The van der Waals surface area contributed by atoms with Crippen LogP contribution in [0.3, 0.4) is 0 Å². The minimum absolute atomic E-state index is 0.0311. The molecule has 0 aliphatic carbocycles. The highest BCUT2D eigenvalue weighted by molar-refractivity contribution is 5.93. The number of pyridine rings is 1. The minimum atomic E-state index is -0.0311. The van der Waals surface area contributed by atoms with Gasteiger partial charge in [0.2, 0.25) is 0 Å². The lowest BCUT2D eigenvalue weighted by molar-refractivity contribution is 0.0784. The molecule has 1 heterocycles. The number of ether oxygens (including phenoxy) is 1. The Kier molecular flexibility index (Phi) is 4.93. The van der Waals surface area contributed by atoms with E-state index in [0.29, 0.717) is 18.7 Å². The van der Waals surface area contributed by atoms with Crippen LogP contribution >= 0.6 is 0 Å². The molecular formula is C17H20N2O2. The zero-order valence-corrected chi connectivity index (χ0v) is 12.7. The molecule has 2 rings (SSSR count). The second-order valence-corrected chi connectivity index (χ2v) is 4.93. The molecule has 110 valence electrons. The first-order valence-electron chi connectivity index (χ1n) is 7.00. The van der Waals surface area contributed by atoms with Gasteiger partial charge in [-0.25, -0.2) is 0 Å². The van der Waals surface area contributed by atoms with Gasteiger partial charge >= 0.3 is 0 Å². The van der Waals surface area contributed by atoms with E-state index in [2.05, 4.69) is 4.98 Å². The largest absolute Gasteiger partial charge is 0.494 e. The van der Waals surface area contributed by atoms with E-state index >= 15 is 0 Å². The molecule has 0 atom stereocenters. The second kappa shape index (κ2) is 6.88. The van der Waals surface area contributed by atoms with E-state index in [1.165, 1.54) is 0 Å². The molecule has 0 aliphatic heterocycles. The van der Waals surface area contributed by atoms with Gasteiger partial charge in [0.05, 0.1) is 12.2 Å². The van der Waals surface area contributed by atoms with E-state index in [1.807, 2.05) is 44.2 Å². The maximum absolute atomic E-state index is 12.3. The number of benzene rings is 1. The van der Waals surface area contributed by atoms with E-state index in [-0.39, 0.29) is 5.91 Å². The van der Waals surface area contributed by atoms with Crippen molar-refractivity contribution in [3.8, 4) is 5.75 Å². The summed E-state index contributed by atoms with van der Waals surface area (Å²) in [6, 6.07) is 11.4.